The fourth-order valence-electron chi connectivity index (χ4n) is 1.93. The van der Waals surface area contributed by atoms with Gasteiger partial charge < -0.3 is 14.4 Å². The van der Waals surface area contributed by atoms with E-state index in [0.717, 1.165) is 29.8 Å². The van der Waals surface area contributed by atoms with E-state index in [4.69, 9.17) is 9.52 Å². The lowest BCUT2D eigenvalue weighted by Crippen LogP contribution is -2.23. The van der Waals surface area contributed by atoms with Crippen molar-refractivity contribution < 1.29 is 14.3 Å². The summed E-state index contributed by atoms with van der Waals surface area (Å²) in [5, 5.41) is 8.84. The quantitative estimate of drug-likeness (QED) is 0.865. The number of aromatic nitrogens is 1. The maximum atomic E-state index is 10.7. The molecule has 0 fully saturated rings. The molecule has 0 aliphatic carbocycles. The molecule has 1 N–H and O–H groups in total. The Morgan fingerprint density at radius 1 is 1.53 bits per heavy atom. The van der Waals surface area contributed by atoms with Crippen molar-refractivity contribution in [2.24, 2.45) is 5.92 Å². The third-order valence-electron chi connectivity index (χ3n) is 3.21. The molecule has 19 heavy (non-hydrogen) atoms. The second-order valence-electron chi connectivity index (χ2n) is 4.92. The summed E-state index contributed by atoms with van der Waals surface area (Å²) in [5.41, 5.74) is 2.77. The van der Waals surface area contributed by atoms with Crippen LogP contribution in [0.1, 0.15) is 18.9 Å². The molecule has 0 radical (unpaired) electrons. The van der Waals surface area contributed by atoms with Crippen molar-refractivity contribution in [1.82, 2.24) is 9.88 Å². The summed E-state index contributed by atoms with van der Waals surface area (Å²) in [6.07, 6.45) is 2.09. The van der Waals surface area contributed by atoms with Crippen LogP contribution in [-0.4, -0.2) is 34.6 Å². The molecule has 0 aliphatic rings. The van der Waals surface area contributed by atoms with Gasteiger partial charge in [0, 0.05) is 6.54 Å². The van der Waals surface area contributed by atoms with E-state index >= 15 is 0 Å². The lowest BCUT2D eigenvalue weighted by Gasteiger charge is -2.17. The summed E-state index contributed by atoms with van der Waals surface area (Å²) in [6.45, 7) is 3.25. The molecule has 1 unspecified atom stereocenters. The van der Waals surface area contributed by atoms with Gasteiger partial charge in [-0.25, -0.2) is 4.98 Å². The molecule has 0 saturated heterocycles. The highest BCUT2D eigenvalue weighted by Crippen LogP contribution is 2.15. The number of fused-ring (bicyclic) bond motifs is 1. The Hall–Kier alpha value is -1.88. The van der Waals surface area contributed by atoms with E-state index in [2.05, 4.69) is 9.88 Å². The van der Waals surface area contributed by atoms with Gasteiger partial charge in [-0.2, -0.15) is 0 Å². The Bertz CT molecular complexity index is 565. The van der Waals surface area contributed by atoms with Gasteiger partial charge in [0.25, 0.3) is 0 Å². The van der Waals surface area contributed by atoms with Gasteiger partial charge in [0.1, 0.15) is 5.52 Å². The maximum Gasteiger partial charge on any atom is 0.306 e. The topological polar surface area (TPSA) is 66.6 Å². The number of rotatable bonds is 6. The van der Waals surface area contributed by atoms with E-state index in [9.17, 15) is 4.79 Å². The first-order valence-electron chi connectivity index (χ1n) is 6.29. The van der Waals surface area contributed by atoms with E-state index < -0.39 is 5.97 Å². The number of aliphatic carboxylic acids is 1. The third kappa shape index (κ3) is 3.54. The van der Waals surface area contributed by atoms with Gasteiger partial charge in [0.05, 0.1) is 5.92 Å². The summed E-state index contributed by atoms with van der Waals surface area (Å²) < 4.78 is 5.26. The van der Waals surface area contributed by atoms with E-state index in [1.165, 1.54) is 6.39 Å². The summed E-state index contributed by atoms with van der Waals surface area (Å²) in [5.74, 6) is -1.05. The van der Waals surface area contributed by atoms with Crippen LogP contribution >= 0.6 is 0 Å². The van der Waals surface area contributed by atoms with Crippen LogP contribution in [0.25, 0.3) is 11.1 Å². The van der Waals surface area contributed by atoms with Crippen molar-refractivity contribution in [3.05, 3.63) is 30.2 Å². The standard InChI is InChI=1S/C14H18N2O3/c1-10(14(17)18)5-6-16(2)8-11-3-4-12-13(7-11)19-9-15-12/h3-4,7,9-10H,5-6,8H2,1-2H3,(H,17,18). The van der Waals surface area contributed by atoms with Gasteiger partial charge >= 0.3 is 5.97 Å². The molecule has 1 aromatic heterocycles. The molecule has 0 spiro atoms. The first kappa shape index (κ1) is 13.5. The molecule has 1 heterocycles. The number of carbonyl (C=O) groups is 1. The van der Waals surface area contributed by atoms with E-state index in [-0.39, 0.29) is 5.92 Å². The van der Waals surface area contributed by atoms with Gasteiger partial charge in [-0.15, -0.1) is 0 Å². The Morgan fingerprint density at radius 2 is 2.32 bits per heavy atom. The molecule has 1 aromatic carbocycles. The predicted molar refractivity (Wildman–Crippen MR) is 71.8 cm³/mol. The van der Waals surface area contributed by atoms with E-state index in [0.29, 0.717) is 6.42 Å². The molecule has 5 nitrogen and oxygen atoms in total. The number of hydrogen-bond acceptors (Lipinski definition) is 4. The molecule has 5 heteroatoms. The fourth-order valence-corrected chi connectivity index (χ4v) is 1.93. The summed E-state index contributed by atoms with van der Waals surface area (Å²) in [4.78, 5) is 16.9. The number of nitrogens with zero attached hydrogens (tertiary/aromatic N) is 2. The predicted octanol–water partition coefficient (Wildman–Crippen LogP) is 2.37. The second kappa shape index (κ2) is 5.84. The normalized spacial score (nSPS) is 13.0. The molecule has 2 rings (SSSR count). The van der Waals surface area contributed by atoms with Crippen molar-refractivity contribution in [3.8, 4) is 0 Å². The zero-order valence-electron chi connectivity index (χ0n) is 11.2. The smallest absolute Gasteiger partial charge is 0.306 e. The van der Waals surface area contributed by atoms with Crippen molar-refractivity contribution >= 4 is 17.1 Å². The highest BCUT2D eigenvalue weighted by atomic mass is 16.4. The number of benzene rings is 1. The number of carboxylic acids is 1. The van der Waals surface area contributed by atoms with Crippen LogP contribution in [0.4, 0.5) is 0 Å². The largest absolute Gasteiger partial charge is 0.481 e. The average Bonchev–Trinajstić information content (AvgIpc) is 2.83. The monoisotopic (exact) mass is 262 g/mol. The second-order valence-corrected chi connectivity index (χ2v) is 4.92. The molecular weight excluding hydrogens is 244 g/mol. The zero-order chi connectivity index (χ0) is 13.8. The van der Waals surface area contributed by atoms with Crippen molar-refractivity contribution in [2.75, 3.05) is 13.6 Å². The van der Waals surface area contributed by atoms with Crippen molar-refractivity contribution in [3.63, 3.8) is 0 Å². The molecule has 0 saturated carbocycles. The van der Waals surface area contributed by atoms with Gasteiger partial charge in [0.15, 0.2) is 12.0 Å². The lowest BCUT2D eigenvalue weighted by atomic mass is 10.1. The van der Waals surface area contributed by atoms with E-state index in [1.54, 1.807) is 6.92 Å². The Morgan fingerprint density at radius 3 is 3.05 bits per heavy atom. The number of hydrogen-bond donors (Lipinski definition) is 1. The highest BCUT2D eigenvalue weighted by molar-refractivity contribution is 5.72. The Labute approximate surface area is 111 Å². The molecule has 0 bridgehead atoms. The van der Waals surface area contributed by atoms with Gasteiger partial charge in [0.2, 0.25) is 0 Å². The Kier molecular flexibility index (Phi) is 4.16. The molecule has 102 valence electrons. The van der Waals surface area contributed by atoms with Crippen LogP contribution < -0.4 is 0 Å². The van der Waals surface area contributed by atoms with Gasteiger partial charge in [-0.1, -0.05) is 13.0 Å². The highest BCUT2D eigenvalue weighted by Gasteiger charge is 2.12. The lowest BCUT2D eigenvalue weighted by molar-refractivity contribution is -0.141. The fraction of sp³-hybridized carbons (Fsp3) is 0.429. The first-order valence-corrected chi connectivity index (χ1v) is 6.29. The third-order valence-corrected chi connectivity index (χ3v) is 3.21. The summed E-state index contributed by atoms with van der Waals surface area (Å²) in [6, 6.07) is 5.92. The molecule has 0 amide bonds. The molecule has 1 atom stereocenters. The van der Waals surface area contributed by atoms with Gasteiger partial charge in [-0.05, 0) is 37.7 Å². The summed E-state index contributed by atoms with van der Waals surface area (Å²) >= 11 is 0. The first-order chi connectivity index (χ1) is 9.06. The minimum Gasteiger partial charge on any atom is -0.481 e. The van der Waals surface area contributed by atoms with Crippen molar-refractivity contribution in [1.29, 1.82) is 0 Å². The minimum absolute atomic E-state index is 0.306. The number of carboxylic acid groups (broad SMARTS) is 1. The van der Waals surface area contributed by atoms with Crippen LogP contribution in [0.3, 0.4) is 0 Å². The SMILES string of the molecule is CC(CCN(C)Cc1ccc2ncoc2c1)C(=O)O. The number of oxazole rings is 1. The molecule has 0 aliphatic heterocycles. The van der Waals surface area contributed by atoms with Gasteiger partial charge in [-0.3, -0.25) is 4.79 Å². The van der Waals surface area contributed by atoms with Crippen LogP contribution in [0, 0.1) is 5.92 Å². The molecular formula is C14H18N2O3. The average molecular weight is 262 g/mol. The summed E-state index contributed by atoms with van der Waals surface area (Å²) in [7, 11) is 1.99. The van der Waals surface area contributed by atoms with E-state index in [1.807, 2.05) is 25.2 Å². The zero-order valence-corrected chi connectivity index (χ0v) is 11.2. The van der Waals surface area contributed by atoms with Crippen LogP contribution in [0.5, 0.6) is 0 Å². The van der Waals surface area contributed by atoms with Crippen LogP contribution in [0.15, 0.2) is 29.0 Å². The van der Waals surface area contributed by atoms with Crippen LogP contribution in [0.2, 0.25) is 0 Å². The maximum absolute atomic E-state index is 10.7. The van der Waals surface area contributed by atoms with Crippen molar-refractivity contribution in [2.45, 2.75) is 19.9 Å². The Balaban J connectivity index is 1.90. The minimum atomic E-state index is -0.739. The molecule has 2 aromatic rings. The van der Waals surface area contributed by atoms with Crippen LogP contribution in [-0.2, 0) is 11.3 Å².